The molecule has 10 rings (SSSR count). The van der Waals surface area contributed by atoms with Crippen molar-refractivity contribution in [2.75, 3.05) is 123 Å². The summed E-state index contributed by atoms with van der Waals surface area (Å²) in [6.45, 7) is 10.9. The molecule has 0 bridgehead atoms. The van der Waals surface area contributed by atoms with Gasteiger partial charge in [0, 0.05) is 129 Å². The van der Waals surface area contributed by atoms with Gasteiger partial charge in [-0.1, -0.05) is 36.6 Å². The molecular formula is C70H91N9O14. The van der Waals surface area contributed by atoms with Gasteiger partial charge in [-0.15, -0.1) is 5.92 Å². The number of rotatable bonds is 24. The van der Waals surface area contributed by atoms with Crippen LogP contribution < -0.4 is 15.5 Å². The van der Waals surface area contributed by atoms with Crippen LogP contribution in [0.2, 0.25) is 0 Å². The van der Waals surface area contributed by atoms with Crippen LogP contribution >= 0.6 is 0 Å². The Morgan fingerprint density at radius 3 is 2.12 bits per heavy atom. The number of hydrogen-bond donors (Lipinski definition) is 3. The largest absolute Gasteiger partial charge is 0.384 e. The number of imide groups is 2. The van der Waals surface area contributed by atoms with Gasteiger partial charge in [-0.25, -0.2) is 0 Å². The van der Waals surface area contributed by atoms with Gasteiger partial charge in [-0.3, -0.25) is 58.2 Å². The van der Waals surface area contributed by atoms with E-state index in [1.807, 2.05) is 13.1 Å². The summed E-state index contributed by atoms with van der Waals surface area (Å²) in [7, 11) is 3.64. The monoisotopic (exact) mass is 1280 g/mol. The number of likely N-dealkylation sites (N-methyl/N-ethyl adjacent to an activating group) is 1. The Bertz CT molecular complexity index is 3370. The topological polar surface area (TPSA) is 265 Å². The van der Waals surface area contributed by atoms with Crippen molar-refractivity contribution in [3.05, 3.63) is 82.0 Å². The molecule has 3 unspecified atom stereocenters. The Balaban J connectivity index is 0.663. The number of anilines is 2. The third-order valence-corrected chi connectivity index (χ3v) is 20.8. The molecule has 23 nitrogen and oxygen atoms in total. The van der Waals surface area contributed by atoms with E-state index in [9.17, 15) is 53.1 Å². The zero-order valence-corrected chi connectivity index (χ0v) is 54.8. The van der Waals surface area contributed by atoms with Crippen LogP contribution in [0.1, 0.15) is 143 Å². The van der Waals surface area contributed by atoms with Gasteiger partial charge in [0.15, 0.2) is 5.78 Å². The second-order valence-corrected chi connectivity index (χ2v) is 26.4. The molecule has 93 heavy (non-hydrogen) atoms. The molecule has 3 saturated heterocycles. The van der Waals surface area contributed by atoms with E-state index in [2.05, 4.69) is 58.6 Å². The smallest absolute Gasteiger partial charge is 0.264 e. The summed E-state index contributed by atoms with van der Waals surface area (Å²) in [4.78, 5) is 143. The number of nitrogens with zero attached hydrogens (tertiary/aromatic N) is 7. The van der Waals surface area contributed by atoms with E-state index in [4.69, 9.17) is 14.2 Å². The van der Waals surface area contributed by atoms with Crippen molar-refractivity contribution in [2.24, 2.45) is 17.3 Å². The number of piperidine rings is 1. The minimum absolute atomic E-state index is 0.0176. The molecule has 4 aliphatic heterocycles. The van der Waals surface area contributed by atoms with Crippen molar-refractivity contribution in [3.8, 4) is 11.8 Å². The van der Waals surface area contributed by atoms with Crippen LogP contribution in [0.3, 0.4) is 0 Å². The van der Waals surface area contributed by atoms with Gasteiger partial charge < -0.3 is 54.0 Å². The van der Waals surface area contributed by atoms with Crippen LogP contribution in [0.25, 0.3) is 0 Å². The molecule has 2 aromatic carbocycles. The van der Waals surface area contributed by atoms with Crippen LogP contribution in [-0.2, 0) is 52.6 Å². The van der Waals surface area contributed by atoms with Crippen molar-refractivity contribution in [1.82, 2.24) is 34.7 Å². The van der Waals surface area contributed by atoms with Gasteiger partial charge in [-0.05, 0) is 130 Å². The van der Waals surface area contributed by atoms with Crippen LogP contribution in [-0.4, -0.2) is 230 Å². The number of aliphatic hydroxyl groups is 1. The molecule has 23 heteroatoms. The highest BCUT2D eigenvalue weighted by Crippen LogP contribution is 2.66. The number of ether oxygens (including phenoxy) is 3. The maximum atomic E-state index is 14.9. The predicted octanol–water partition coefficient (Wildman–Crippen LogP) is 4.48. The zero-order valence-electron chi connectivity index (χ0n) is 54.8. The minimum Gasteiger partial charge on any atom is -0.384 e. The minimum atomic E-state index is -1.07. The van der Waals surface area contributed by atoms with Gasteiger partial charge in [0.1, 0.15) is 23.7 Å². The summed E-state index contributed by atoms with van der Waals surface area (Å²) >= 11 is 0. The first-order valence-electron chi connectivity index (χ1n) is 33.3. The third-order valence-electron chi connectivity index (χ3n) is 20.8. The molecule has 3 N–H and O–H groups in total. The normalized spacial score (nSPS) is 25.9. The molecule has 0 spiro atoms. The molecular weight excluding hydrogens is 1190 g/mol. The molecule has 8 aliphatic rings. The van der Waals surface area contributed by atoms with Crippen LogP contribution in [0, 0.1) is 29.1 Å². The van der Waals surface area contributed by atoms with Crippen LogP contribution in [0.5, 0.6) is 0 Å². The number of carbonyl (C=O) groups excluding carboxylic acids is 10. The number of benzene rings is 2. The number of amides is 9. The average molecular weight is 1280 g/mol. The van der Waals surface area contributed by atoms with Gasteiger partial charge in [-0.2, -0.15) is 0 Å². The SMILES string of the molecule is CC#C[C@]1(O)CC[C@H]2[C@@H]3CCC4=CC(=O)CCC4=C3[C@@H](c3ccc(N(C)CCCC(=O)N4CCN(C(C)=O)CC4C(=O)N4CCN(C(C)=O)CC4C(=O)N(C)CCCOCCOCCOCCCNc4cccc5c4C(=O)N(C4CCC(=O)NC4=O)C5=O)cc3)C[C@@]21C. The average Bonchev–Trinajstić information content (AvgIpc) is 1.66. The van der Waals surface area contributed by atoms with Crippen LogP contribution in [0.15, 0.2) is 65.3 Å². The highest BCUT2D eigenvalue weighted by Gasteiger charge is 2.63. The van der Waals surface area contributed by atoms with Crippen molar-refractivity contribution in [3.63, 3.8) is 0 Å². The van der Waals surface area contributed by atoms with Gasteiger partial charge in [0.05, 0.1) is 50.6 Å². The molecule has 8 atom stereocenters. The van der Waals surface area contributed by atoms with Gasteiger partial charge in [0.2, 0.25) is 41.4 Å². The Kier molecular flexibility index (Phi) is 21.7. The molecule has 2 aromatic rings. The highest BCUT2D eigenvalue weighted by molar-refractivity contribution is 6.25. The Labute approximate surface area is 544 Å². The summed E-state index contributed by atoms with van der Waals surface area (Å²) < 4.78 is 17.2. The lowest BCUT2D eigenvalue weighted by Gasteiger charge is -2.53. The van der Waals surface area contributed by atoms with E-state index >= 15 is 0 Å². The second-order valence-electron chi connectivity index (χ2n) is 26.4. The lowest BCUT2D eigenvalue weighted by atomic mass is 9.51. The summed E-state index contributed by atoms with van der Waals surface area (Å²) in [5.74, 6) is 3.45. The summed E-state index contributed by atoms with van der Waals surface area (Å²) in [5.41, 5.74) is 5.55. The number of piperazine rings is 2. The fourth-order valence-electron chi connectivity index (χ4n) is 15.8. The number of allylic oxidation sites excluding steroid dienone is 4. The fraction of sp³-hybridized carbons (Fsp3) is 0.600. The fourth-order valence-corrected chi connectivity index (χ4v) is 15.8. The molecule has 4 aliphatic carbocycles. The number of fused-ring (bicyclic) bond motifs is 5. The number of ketones is 1. The van der Waals surface area contributed by atoms with E-state index < -0.39 is 58.7 Å². The molecule has 5 fully saturated rings. The molecule has 4 heterocycles. The molecule has 2 saturated carbocycles. The third kappa shape index (κ3) is 14.5. The zero-order chi connectivity index (χ0) is 66.3. The lowest BCUT2D eigenvalue weighted by Crippen LogP contribution is -2.67. The molecule has 0 aromatic heterocycles. The first-order valence-corrected chi connectivity index (χ1v) is 33.3. The molecule has 500 valence electrons. The second kappa shape index (κ2) is 29.7. The van der Waals surface area contributed by atoms with E-state index in [1.54, 1.807) is 46.9 Å². The number of carbonyl (C=O) groups is 10. The summed E-state index contributed by atoms with van der Waals surface area (Å²) in [6, 6.07) is 10.4. The van der Waals surface area contributed by atoms with Gasteiger partial charge >= 0.3 is 0 Å². The first-order chi connectivity index (χ1) is 44.6. The van der Waals surface area contributed by atoms with E-state index in [-0.39, 0.29) is 105 Å². The van der Waals surface area contributed by atoms with Crippen LogP contribution in [0.4, 0.5) is 11.4 Å². The van der Waals surface area contributed by atoms with Crippen molar-refractivity contribution < 1.29 is 67.3 Å². The number of hydrogen-bond acceptors (Lipinski definition) is 16. The van der Waals surface area contributed by atoms with E-state index in [1.165, 1.54) is 45.9 Å². The lowest BCUT2D eigenvalue weighted by molar-refractivity contribution is -0.160. The number of nitrogens with one attached hydrogen (secondary N) is 2. The maximum Gasteiger partial charge on any atom is 0.264 e. The van der Waals surface area contributed by atoms with E-state index in [0.29, 0.717) is 109 Å². The molecule has 0 radical (unpaired) electrons. The first kappa shape index (κ1) is 68.1. The Morgan fingerprint density at radius 2 is 1.43 bits per heavy atom. The van der Waals surface area contributed by atoms with Gasteiger partial charge in [0.25, 0.3) is 11.8 Å². The standard InChI is InChI=1S/C70H91N9O14/c1-7-26-70(90)27-25-55-52-21-17-48-41-50(82)20-22-51(48)62(52)54(42-69(55,70)4)47-15-18-49(19-16-47)73(5)29-9-14-61(84)77-33-31-75(45(2)80)44-59(77)67(88)78-34-32-76(46(3)81)43-58(78)66(87)74(6)30-11-36-92-38-40-93-39-37-91-35-10-28-71-56-13-8-12-53-63(56)68(89)79(65(53)86)57-23-24-60(83)72-64(57)85/h8,12-13,15-16,18-19,41,52,54-55,57-59,71,90H,9-11,14,17,20-25,27-40,42-44H2,1-6H3,(H,72,83,85)/t52-,54+,55-,57?,58?,59?,69-,70-/m0/s1. The van der Waals surface area contributed by atoms with Crippen molar-refractivity contribution in [2.45, 2.75) is 141 Å². The Morgan fingerprint density at radius 1 is 0.753 bits per heavy atom. The summed E-state index contributed by atoms with van der Waals surface area (Å²) in [6.07, 6.45) is 9.16. The quantitative estimate of drug-likeness (QED) is 0.0743. The Hall–Kier alpha value is -7.78. The predicted molar refractivity (Wildman–Crippen MR) is 344 cm³/mol. The highest BCUT2D eigenvalue weighted by atomic mass is 16.5. The van der Waals surface area contributed by atoms with Crippen molar-refractivity contribution >= 4 is 70.3 Å². The molecule has 9 amide bonds. The van der Waals surface area contributed by atoms with E-state index in [0.717, 1.165) is 42.7 Å². The van der Waals surface area contributed by atoms with Crippen molar-refractivity contribution in [1.29, 1.82) is 0 Å². The summed E-state index contributed by atoms with van der Waals surface area (Å²) in [5, 5.41) is 17.6. The maximum absolute atomic E-state index is 14.9.